The summed E-state index contributed by atoms with van der Waals surface area (Å²) in [6.45, 7) is 3.64. The number of hydrogen-bond donors (Lipinski definition) is 0. The average molecular weight is 546 g/mol. The van der Waals surface area contributed by atoms with Crippen LogP contribution in [0.1, 0.15) is 31.2 Å². The van der Waals surface area contributed by atoms with Gasteiger partial charge in [-0.3, -0.25) is 19.5 Å². The van der Waals surface area contributed by atoms with Crippen molar-refractivity contribution in [2.45, 2.75) is 19.9 Å². The first-order valence-corrected chi connectivity index (χ1v) is 12.8. The van der Waals surface area contributed by atoms with Crippen LogP contribution in [-0.4, -0.2) is 29.2 Å². The SMILES string of the molecule is CCOC(=O)C1=C(C)N=c2s/c(=C/c3ccc(-c4cc([N+](=O)[O-])ccc4OC)o3)c(=O)n2[C@H]1c1ccccc1. The second-order valence-corrected chi connectivity index (χ2v) is 9.57. The van der Waals surface area contributed by atoms with Gasteiger partial charge in [-0.15, -0.1) is 0 Å². The monoisotopic (exact) mass is 545 g/mol. The van der Waals surface area contributed by atoms with Gasteiger partial charge in [-0.1, -0.05) is 41.7 Å². The molecule has 0 bridgehead atoms. The maximum atomic E-state index is 13.7. The molecule has 4 aromatic rings. The molecular weight excluding hydrogens is 522 g/mol. The molecule has 2 aromatic heterocycles. The Morgan fingerprint density at radius 3 is 2.67 bits per heavy atom. The Bertz CT molecular complexity index is 1800. The van der Waals surface area contributed by atoms with Crippen molar-refractivity contribution in [2.24, 2.45) is 4.99 Å². The summed E-state index contributed by atoms with van der Waals surface area (Å²) in [5, 5.41) is 11.3. The molecule has 198 valence electrons. The number of carbonyl (C=O) groups is 1. The molecule has 0 saturated carbocycles. The first-order valence-electron chi connectivity index (χ1n) is 12.0. The highest BCUT2D eigenvalue weighted by atomic mass is 32.1. The van der Waals surface area contributed by atoms with E-state index in [1.165, 1.54) is 41.2 Å². The minimum Gasteiger partial charge on any atom is -0.496 e. The Labute approximate surface area is 225 Å². The number of nitrogens with zero attached hydrogens (tertiary/aromatic N) is 3. The summed E-state index contributed by atoms with van der Waals surface area (Å²) in [6.07, 6.45) is 1.59. The molecule has 0 aliphatic carbocycles. The van der Waals surface area contributed by atoms with Gasteiger partial charge in [0.15, 0.2) is 4.80 Å². The number of thiazole rings is 1. The van der Waals surface area contributed by atoms with E-state index in [1.54, 1.807) is 32.1 Å². The average Bonchev–Trinajstić information content (AvgIpc) is 3.52. The van der Waals surface area contributed by atoms with E-state index in [4.69, 9.17) is 13.9 Å². The molecule has 0 N–H and O–H groups in total. The molecule has 0 radical (unpaired) electrons. The van der Waals surface area contributed by atoms with Crippen LogP contribution in [0.5, 0.6) is 5.75 Å². The molecule has 0 amide bonds. The van der Waals surface area contributed by atoms with E-state index >= 15 is 0 Å². The third-order valence-electron chi connectivity index (χ3n) is 6.19. The van der Waals surface area contributed by atoms with Crippen LogP contribution in [0.25, 0.3) is 17.4 Å². The van der Waals surface area contributed by atoms with Crippen LogP contribution in [0.4, 0.5) is 5.69 Å². The highest BCUT2D eigenvalue weighted by Gasteiger charge is 2.33. The van der Waals surface area contributed by atoms with Crippen LogP contribution in [-0.2, 0) is 9.53 Å². The molecule has 2 aromatic carbocycles. The number of furan rings is 1. The van der Waals surface area contributed by atoms with Crippen LogP contribution in [0.3, 0.4) is 0 Å². The number of benzene rings is 2. The fourth-order valence-electron chi connectivity index (χ4n) is 4.45. The lowest BCUT2D eigenvalue weighted by molar-refractivity contribution is -0.384. The first kappa shape index (κ1) is 25.9. The summed E-state index contributed by atoms with van der Waals surface area (Å²) < 4.78 is 18.4. The van der Waals surface area contributed by atoms with Crippen LogP contribution in [0.15, 0.2) is 86.1 Å². The van der Waals surface area contributed by atoms with Gasteiger partial charge in [0.05, 0.1) is 46.0 Å². The molecule has 5 rings (SSSR count). The van der Waals surface area contributed by atoms with Gasteiger partial charge in [-0.2, -0.15) is 0 Å². The minimum atomic E-state index is -0.704. The molecular formula is C28H23N3O7S. The van der Waals surface area contributed by atoms with Crippen molar-refractivity contribution in [2.75, 3.05) is 13.7 Å². The number of hydrogen-bond acceptors (Lipinski definition) is 9. The molecule has 10 nitrogen and oxygen atoms in total. The van der Waals surface area contributed by atoms with E-state index in [9.17, 15) is 19.7 Å². The van der Waals surface area contributed by atoms with Crippen molar-refractivity contribution >= 4 is 29.1 Å². The van der Waals surface area contributed by atoms with Gasteiger partial charge in [-0.25, -0.2) is 9.79 Å². The Morgan fingerprint density at radius 1 is 1.21 bits per heavy atom. The molecule has 1 atom stereocenters. The van der Waals surface area contributed by atoms with Crippen LogP contribution >= 0.6 is 11.3 Å². The Kier molecular flexibility index (Phi) is 6.99. The number of nitro benzene ring substituents is 1. The van der Waals surface area contributed by atoms with Crippen molar-refractivity contribution in [1.82, 2.24) is 4.57 Å². The molecule has 0 unspecified atom stereocenters. The Balaban J connectivity index is 1.62. The second-order valence-electron chi connectivity index (χ2n) is 8.56. The molecule has 1 aliphatic rings. The number of allylic oxidation sites excluding steroid dienone is 1. The van der Waals surface area contributed by atoms with E-state index in [0.29, 0.717) is 43.4 Å². The zero-order chi connectivity index (χ0) is 27.7. The highest BCUT2D eigenvalue weighted by molar-refractivity contribution is 7.07. The zero-order valence-electron chi connectivity index (χ0n) is 21.2. The number of rotatable bonds is 7. The number of esters is 1. The van der Waals surface area contributed by atoms with Crippen molar-refractivity contribution in [3.05, 3.63) is 113 Å². The fourth-order valence-corrected chi connectivity index (χ4v) is 5.48. The molecule has 39 heavy (non-hydrogen) atoms. The first-order chi connectivity index (χ1) is 18.8. The van der Waals surface area contributed by atoms with Crippen molar-refractivity contribution in [3.8, 4) is 17.1 Å². The summed E-state index contributed by atoms with van der Waals surface area (Å²) >= 11 is 1.17. The number of methoxy groups -OCH3 is 1. The van der Waals surface area contributed by atoms with Gasteiger partial charge in [-0.05, 0) is 37.6 Å². The summed E-state index contributed by atoms with van der Waals surface area (Å²) in [5.41, 5.74) is 1.50. The van der Waals surface area contributed by atoms with Crippen LogP contribution in [0.2, 0.25) is 0 Å². The molecule has 0 fully saturated rings. The zero-order valence-corrected chi connectivity index (χ0v) is 22.1. The smallest absolute Gasteiger partial charge is 0.338 e. The molecule has 0 spiro atoms. The van der Waals surface area contributed by atoms with Crippen molar-refractivity contribution in [3.63, 3.8) is 0 Å². The van der Waals surface area contributed by atoms with Gasteiger partial charge in [0.25, 0.3) is 11.2 Å². The van der Waals surface area contributed by atoms with Crippen molar-refractivity contribution in [1.29, 1.82) is 0 Å². The lowest BCUT2D eigenvalue weighted by atomic mass is 9.96. The molecule has 11 heteroatoms. The summed E-state index contributed by atoms with van der Waals surface area (Å²) in [4.78, 5) is 42.4. The topological polar surface area (TPSA) is 126 Å². The minimum absolute atomic E-state index is 0.106. The third kappa shape index (κ3) is 4.79. The second kappa shape index (κ2) is 10.5. The quantitative estimate of drug-likeness (QED) is 0.195. The summed E-state index contributed by atoms with van der Waals surface area (Å²) in [7, 11) is 1.46. The molecule has 3 heterocycles. The van der Waals surface area contributed by atoms with Crippen LogP contribution < -0.4 is 19.6 Å². The predicted octanol–water partition coefficient (Wildman–Crippen LogP) is 3.98. The van der Waals surface area contributed by atoms with E-state index in [2.05, 4.69) is 4.99 Å². The van der Waals surface area contributed by atoms with Gasteiger partial charge >= 0.3 is 5.97 Å². The predicted molar refractivity (Wildman–Crippen MR) is 144 cm³/mol. The van der Waals surface area contributed by atoms with Gasteiger partial charge in [0, 0.05) is 18.2 Å². The maximum Gasteiger partial charge on any atom is 0.338 e. The van der Waals surface area contributed by atoms with E-state index in [-0.39, 0.29) is 17.9 Å². The maximum absolute atomic E-state index is 13.7. The van der Waals surface area contributed by atoms with E-state index < -0.39 is 16.9 Å². The van der Waals surface area contributed by atoms with E-state index in [1.807, 2.05) is 30.3 Å². The number of ether oxygens (including phenoxy) is 2. The number of nitro groups is 1. The Hall–Kier alpha value is -4.77. The van der Waals surface area contributed by atoms with Gasteiger partial charge in [0.1, 0.15) is 17.3 Å². The Morgan fingerprint density at radius 2 is 1.97 bits per heavy atom. The number of carbonyl (C=O) groups excluding carboxylic acids is 1. The highest BCUT2D eigenvalue weighted by Crippen LogP contribution is 2.35. The van der Waals surface area contributed by atoms with E-state index in [0.717, 1.165) is 5.56 Å². The largest absolute Gasteiger partial charge is 0.496 e. The molecule has 1 aliphatic heterocycles. The third-order valence-corrected chi connectivity index (χ3v) is 7.17. The van der Waals surface area contributed by atoms with Crippen molar-refractivity contribution < 1.29 is 23.6 Å². The van der Waals surface area contributed by atoms with Gasteiger partial charge in [0.2, 0.25) is 0 Å². The lowest BCUT2D eigenvalue weighted by Crippen LogP contribution is -2.39. The molecule has 0 saturated heterocycles. The fraction of sp³-hybridized carbons (Fsp3) is 0.179. The number of non-ortho nitro benzene ring substituents is 1. The summed E-state index contributed by atoms with van der Waals surface area (Å²) in [5.74, 6) is 0.591. The standard InChI is InChI=1S/C28H23N3O7S/c1-4-37-27(33)24-16(2)29-28-30(25(24)17-8-6-5-7-9-17)26(32)23(39-28)15-19-11-13-22(38-19)20-14-18(31(34)35)10-12-21(20)36-3/h5-15,25H,4H2,1-3H3/b23-15+/t25-/m0/s1. The number of fused-ring (bicyclic) bond motifs is 1. The normalized spacial score (nSPS) is 15.1. The summed E-state index contributed by atoms with van der Waals surface area (Å²) in [6, 6.07) is 16.1. The van der Waals surface area contributed by atoms with Crippen LogP contribution in [0, 0.1) is 10.1 Å². The van der Waals surface area contributed by atoms with Gasteiger partial charge < -0.3 is 13.9 Å². The number of aromatic nitrogens is 1. The lowest BCUT2D eigenvalue weighted by Gasteiger charge is -2.24.